The molecular formula is C13H16N2S. The molecular weight excluding hydrogens is 216 g/mol. The Kier molecular flexibility index (Phi) is 2.45. The fourth-order valence-corrected chi connectivity index (χ4v) is 3.57. The van der Waals surface area contributed by atoms with Crippen molar-refractivity contribution in [2.75, 3.05) is 0 Å². The molecule has 16 heavy (non-hydrogen) atoms. The largest absolute Gasteiger partial charge is 0.328 e. The van der Waals surface area contributed by atoms with Gasteiger partial charge in [-0.15, -0.1) is 11.3 Å². The highest BCUT2D eigenvalue weighted by Gasteiger charge is 2.25. The predicted octanol–water partition coefficient (Wildman–Crippen LogP) is 3.20. The first-order valence-electron chi connectivity index (χ1n) is 5.85. The van der Waals surface area contributed by atoms with Crippen LogP contribution in [0.4, 0.5) is 0 Å². The maximum Gasteiger partial charge on any atom is 0.0970 e. The van der Waals surface area contributed by atoms with E-state index in [-0.39, 0.29) is 0 Å². The predicted molar refractivity (Wildman–Crippen MR) is 68.9 cm³/mol. The van der Waals surface area contributed by atoms with Crippen LogP contribution in [0.2, 0.25) is 0 Å². The molecule has 0 amide bonds. The quantitative estimate of drug-likeness (QED) is 0.820. The van der Waals surface area contributed by atoms with E-state index in [4.69, 9.17) is 10.7 Å². The Bertz CT molecular complexity index is 518. The minimum Gasteiger partial charge on any atom is -0.328 e. The molecule has 84 valence electrons. The Morgan fingerprint density at radius 2 is 2.25 bits per heavy atom. The van der Waals surface area contributed by atoms with Gasteiger partial charge < -0.3 is 5.73 Å². The van der Waals surface area contributed by atoms with Crippen LogP contribution < -0.4 is 5.73 Å². The number of aryl methyl sites for hydroxylation is 1. The van der Waals surface area contributed by atoms with Crippen LogP contribution in [0, 0.1) is 6.92 Å². The lowest BCUT2D eigenvalue weighted by Crippen LogP contribution is -2.14. The van der Waals surface area contributed by atoms with Crippen molar-refractivity contribution in [3.63, 3.8) is 0 Å². The van der Waals surface area contributed by atoms with Gasteiger partial charge in [0.2, 0.25) is 0 Å². The standard InChI is InChI=1S/C13H16N2S/c1-8-2-5-12-11(6-8)15-13(16-12)9-3-4-10(14)7-9/h2,5-6,9-10H,3-4,7,14H2,1H3/t9-,10+/m1/s1. The number of hydrogen-bond donors (Lipinski definition) is 1. The molecule has 1 aliphatic rings. The molecule has 1 saturated carbocycles. The van der Waals surface area contributed by atoms with Gasteiger partial charge in [0.1, 0.15) is 0 Å². The van der Waals surface area contributed by atoms with Crippen LogP contribution >= 0.6 is 11.3 Å². The molecule has 0 bridgehead atoms. The maximum atomic E-state index is 5.96. The molecule has 1 heterocycles. The van der Waals surface area contributed by atoms with Gasteiger partial charge in [0.15, 0.2) is 0 Å². The maximum absolute atomic E-state index is 5.96. The van der Waals surface area contributed by atoms with Crippen molar-refractivity contribution in [3.05, 3.63) is 28.8 Å². The number of nitrogens with zero attached hydrogens (tertiary/aromatic N) is 1. The minimum atomic E-state index is 0.388. The number of hydrogen-bond acceptors (Lipinski definition) is 3. The Balaban J connectivity index is 1.99. The molecule has 1 aromatic heterocycles. The number of rotatable bonds is 1. The summed E-state index contributed by atoms with van der Waals surface area (Å²) in [6.45, 7) is 2.12. The Labute approximate surface area is 99.5 Å². The van der Waals surface area contributed by atoms with E-state index >= 15 is 0 Å². The monoisotopic (exact) mass is 232 g/mol. The summed E-state index contributed by atoms with van der Waals surface area (Å²) in [6.07, 6.45) is 3.47. The number of fused-ring (bicyclic) bond motifs is 1. The molecule has 0 saturated heterocycles. The smallest absolute Gasteiger partial charge is 0.0970 e. The van der Waals surface area contributed by atoms with Crippen molar-refractivity contribution < 1.29 is 0 Å². The summed E-state index contributed by atoms with van der Waals surface area (Å²) in [5.41, 5.74) is 8.40. The van der Waals surface area contributed by atoms with Gasteiger partial charge in [-0.05, 0) is 43.9 Å². The number of benzene rings is 1. The molecule has 1 fully saturated rings. The molecule has 2 aromatic rings. The van der Waals surface area contributed by atoms with E-state index in [0.717, 1.165) is 18.4 Å². The van der Waals surface area contributed by atoms with Crippen molar-refractivity contribution in [2.45, 2.75) is 38.1 Å². The number of nitrogens with two attached hydrogens (primary N) is 1. The lowest BCUT2D eigenvalue weighted by atomic mass is 10.1. The average molecular weight is 232 g/mol. The van der Waals surface area contributed by atoms with Gasteiger partial charge in [-0.25, -0.2) is 4.98 Å². The first-order valence-corrected chi connectivity index (χ1v) is 6.66. The highest BCUT2D eigenvalue weighted by molar-refractivity contribution is 7.18. The molecule has 0 aliphatic heterocycles. The van der Waals surface area contributed by atoms with E-state index in [0.29, 0.717) is 12.0 Å². The van der Waals surface area contributed by atoms with Gasteiger partial charge in [0.25, 0.3) is 0 Å². The summed E-state index contributed by atoms with van der Waals surface area (Å²) in [5.74, 6) is 0.604. The van der Waals surface area contributed by atoms with E-state index in [1.165, 1.54) is 21.7 Å². The third-order valence-corrected chi connectivity index (χ3v) is 4.58. The van der Waals surface area contributed by atoms with Crippen molar-refractivity contribution in [2.24, 2.45) is 5.73 Å². The van der Waals surface area contributed by atoms with Crippen molar-refractivity contribution >= 4 is 21.6 Å². The summed E-state index contributed by atoms with van der Waals surface area (Å²) < 4.78 is 1.31. The fourth-order valence-electron chi connectivity index (χ4n) is 2.47. The van der Waals surface area contributed by atoms with E-state index in [1.807, 2.05) is 11.3 Å². The summed E-state index contributed by atoms with van der Waals surface area (Å²) in [5, 5.41) is 1.29. The van der Waals surface area contributed by atoms with Gasteiger partial charge in [0, 0.05) is 12.0 Å². The van der Waals surface area contributed by atoms with Crippen LogP contribution in [0.1, 0.15) is 35.8 Å². The summed E-state index contributed by atoms with van der Waals surface area (Å²) in [6, 6.07) is 6.90. The highest BCUT2D eigenvalue weighted by Crippen LogP contribution is 2.37. The lowest BCUT2D eigenvalue weighted by Gasteiger charge is -2.03. The molecule has 1 aliphatic carbocycles. The molecule has 2 nitrogen and oxygen atoms in total. The molecule has 0 unspecified atom stereocenters. The van der Waals surface area contributed by atoms with Crippen molar-refractivity contribution in [1.82, 2.24) is 4.98 Å². The second kappa shape index (κ2) is 3.82. The Hall–Kier alpha value is -0.930. The summed E-state index contributed by atoms with van der Waals surface area (Å²) in [7, 11) is 0. The van der Waals surface area contributed by atoms with E-state index in [1.54, 1.807) is 0 Å². The normalized spacial score (nSPS) is 25.4. The van der Waals surface area contributed by atoms with Gasteiger partial charge >= 0.3 is 0 Å². The zero-order valence-corrected chi connectivity index (χ0v) is 10.3. The highest BCUT2D eigenvalue weighted by atomic mass is 32.1. The summed E-state index contributed by atoms with van der Waals surface area (Å²) >= 11 is 1.84. The fraction of sp³-hybridized carbons (Fsp3) is 0.462. The third kappa shape index (κ3) is 1.74. The van der Waals surface area contributed by atoms with Crippen LogP contribution in [0.3, 0.4) is 0 Å². The molecule has 0 radical (unpaired) electrons. The van der Waals surface area contributed by atoms with Gasteiger partial charge in [-0.1, -0.05) is 6.07 Å². The third-order valence-electron chi connectivity index (χ3n) is 3.38. The van der Waals surface area contributed by atoms with E-state index in [9.17, 15) is 0 Å². The van der Waals surface area contributed by atoms with Crippen LogP contribution in [-0.2, 0) is 0 Å². The molecule has 0 spiro atoms. The Morgan fingerprint density at radius 1 is 1.38 bits per heavy atom. The lowest BCUT2D eigenvalue weighted by molar-refractivity contribution is 0.673. The first kappa shape index (κ1) is 10.2. The van der Waals surface area contributed by atoms with Crippen LogP contribution in [0.25, 0.3) is 10.2 Å². The van der Waals surface area contributed by atoms with E-state index < -0.39 is 0 Å². The molecule has 3 rings (SSSR count). The van der Waals surface area contributed by atoms with Gasteiger partial charge in [0.05, 0.1) is 15.2 Å². The Morgan fingerprint density at radius 3 is 3.00 bits per heavy atom. The topological polar surface area (TPSA) is 38.9 Å². The van der Waals surface area contributed by atoms with Gasteiger partial charge in [-0.3, -0.25) is 0 Å². The second-order valence-corrected chi connectivity index (χ2v) is 5.86. The first-order chi connectivity index (χ1) is 7.72. The zero-order chi connectivity index (χ0) is 11.1. The minimum absolute atomic E-state index is 0.388. The number of thiazole rings is 1. The van der Waals surface area contributed by atoms with Crippen molar-refractivity contribution in [1.29, 1.82) is 0 Å². The zero-order valence-electron chi connectivity index (χ0n) is 9.44. The molecule has 1 aromatic carbocycles. The second-order valence-electron chi connectivity index (χ2n) is 4.79. The molecule has 3 heteroatoms. The van der Waals surface area contributed by atoms with E-state index in [2.05, 4.69) is 25.1 Å². The van der Waals surface area contributed by atoms with Crippen LogP contribution in [-0.4, -0.2) is 11.0 Å². The SMILES string of the molecule is Cc1ccc2sc([C@@H]3CC[C@H](N)C3)nc2c1. The molecule has 2 N–H and O–H groups in total. The molecule has 2 atom stereocenters. The van der Waals surface area contributed by atoms with Crippen molar-refractivity contribution in [3.8, 4) is 0 Å². The summed E-state index contributed by atoms with van der Waals surface area (Å²) in [4.78, 5) is 4.75. The van der Waals surface area contributed by atoms with Crippen LogP contribution in [0.15, 0.2) is 18.2 Å². The van der Waals surface area contributed by atoms with Gasteiger partial charge in [-0.2, -0.15) is 0 Å². The average Bonchev–Trinajstić information content (AvgIpc) is 2.83. The number of aromatic nitrogens is 1. The van der Waals surface area contributed by atoms with Crippen LogP contribution in [0.5, 0.6) is 0 Å².